The molecular weight excluding hydrogens is 212 g/mol. The van der Waals surface area contributed by atoms with Gasteiger partial charge in [-0.1, -0.05) is 32.3 Å². The number of terminal acetylenes is 1. The maximum atomic E-state index is 11.8. The standard InChI is InChI=1S/C14H18N2O/c1-4-10(3)13(15)14(17)16-12-8-6-7-11(5-2)9-12/h2,6-10,13H,4,15H2,1,3H3,(H,16,17)/t10-,13-/m0/s1. The molecule has 0 radical (unpaired) electrons. The van der Waals surface area contributed by atoms with Crippen molar-refractivity contribution in [3.05, 3.63) is 29.8 Å². The molecule has 2 atom stereocenters. The second-order valence-electron chi connectivity index (χ2n) is 4.13. The van der Waals surface area contributed by atoms with E-state index in [4.69, 9.17) is 12.2 Å². The lowest BCUT2D eigenvalue weighted by molar-refractivity contribution is -0.118. The molecule has 0 fully saturated rings. The van der Waals surface area contributed by atoms with Gasteiger partial charge in [-0.25, -0.2) is 0 Å². The predicted molar refractivity (Wildman–Crippen MR) is 70.4 cm³/mol. The molecule has 3 N–H and O–H groups in total. The third-order valence-electron chi connectivity index (χ3n) is 2.86. The van der Waals surface area contributed by atoms with Crippen LogP contribution < -0.4 is 11.1 Å². The highest BCUT2D eigenvalue weighted by atomic mass is 16.2. The van der Waals surface area contributed by atoms with Gasteiger partial charge in [-0.3, -0.25) is 4.79 Å². The highest BCUT2D eigenvalue weighted by Crippen LogP contribution is 2.12. The van der Waals surface area contributed by atoms with Crippen LogP contribution in [0.3, 0.4) is 0 Å². The predicted octanol–water partition coefficient (Wildman–Crippen LogP) is 1.98. The van der Waals surface area contributed by atoms with Crippen LogP contribution in [0, 0.1) is 18.3 Å². The van der Waals surface area contributed by atoms with Crippen molar-refractivity contribution in [3.63, 3.8) is 0 Å². The number of amides is 1. The van der Waals surface area contributed by atoms with E-state index in [0.29, 0.717) is 5.69 Å². The molecule has 0 aliphatic heterocycles. The van der Waals surface area contributed by atoms with Crippen LogP contribution in [-0.2, 0) is 4.79 Å². The first-order chi connectivity index (χ1) is 8.08. The van der Waals surface area contributed by atoms with Gasteiger partial charge < -0.3 is 11.1 Å². The van der Waals surface area contributed by atoms with Crippen LogP contribution in [0.1, 0.15) is 25.8 Å². The van der Waals surface area contributed by atoms with Crippen LogP contribution in [0.2, 0.25) is 0 Å². The van der Waals surface area contributed by atoms with Crippen molar-refractivity contribution in [2.45, 2.75) is 26.3 Å². The molecule has 3 heteroatoms. The molecule has 0 aromatic heterocycles. The number of anilines is 1. The van der Waals surface area contributed by atoms with Crippen molar-refractivity contribution in [3.8, 4) is 12.3 Å². The summed E-state index contributed by atoms with van der Waals surface area (Å²) in [6, 6.07) is 6.67. The molecule has 0 saturated carbocycles. The maximum Gasteiger partial charge on any atom is 0.241 e. The molecule has 0 heterocycles. The van der Waals surface area contributed by atoms with E-state index < -0.39 is 6.04 Å². The van der Waals surface area contributed by atoms with E-state index in [1.807, 2.05) is 19.9 Å². The minimum absolute atomic E-state index is 0.158. The lowest BCUT2D eigenvalue weighted by atomic mass is 9.99. The Labute approximate surface area is 102 Å². The van der Waals surface area contributed by atoms with E-state index in [9.17, 15) is 4.79 Å². The smallest absolute Gasteiger partial charge is 0.241 e. The van der Waals surface area contributed by atoms with Crippen molar-refractivity contribution < 1.29 is 4.79 Å². The average Bonchev–Trinajstić information content (AvgIpc) is 2.37. The van der Waals surface area contributed by atoms with Crippen molar-refractivity contribution in [1.82, 2.24) is 0 Å². The van der Waals surface area contributed by atoms with E-state index in [0.717, 1.165) is 12.0 Å². The zero-order valence-corrected chi connectivity index (χ0v) is 10.2. The van der Waals surface area contributed by atoms with Crippen molar-refractivity contribution in [1.29, 1.82) is 0 Å². The Kier molecular flexibility index (Phi) is 4.74. The maximum absolute atomic E-state index is 11.8. The largest absolute Gasteiger partial charge is 0.325 e. The van der Waals surface area contributed by atoms with Gasteiger partial charge in [0, 0.05) is 11.3 Å². The molecule has 0 spiro atoms. The fourth-order valence-corrected chi connectivity index (χ4v) is 1.42. The number of carbonyl (C=O) groups is 1. The normalized spacial score (nSPS) is 13.5. The Morgan fingerprint density at radius 2 is 2.29 bits per heavy atom. The molecule has 0 aliphatic carbocycles. The lowest BCUT2D eigenvalue weighted by Crippen LogP contribution is -2.40. The van der Waals surface area contributed by atoms with E-state index in [-0.39, 0.29) is 11.8 Å². The van der Waals surface area contributed by atoms with Gasteiger partial charge in [0.25, 0.3) is 0 Å². The molecule has 1 aromatic carbocycles. The number of hydrogen-bond acceptors (Lipinski definition) is 2. The molecule has 0 aliphatic rings. The van der Waals surface area contributed by atoms with Gasteiger partial charge in [0.2, 0.25) is 5.91 Å². The zero-order chi connectivity index (χ0) is 12.8. The van der Waals surface area contributed by atoms with Crippen molar-refractivity contribution in [2.75, 3.05) is 5.32 Å². The summed E-state index contributed by atoms with van der Waals surface area (Å²) >= 11 is 0. The fourth-order valence-electron chi connectivity index (χ4n) is 1.42. The summed E-state index contributed by atoms with van der Waals surface area (Å²) < 4.78 is 0. The molecule has 17 heavy (non-hydrogen) atoms. The third-order valence-corrected chi connectivity index (χ3v) is 2.86. The summed E-state index contributed by atoms with van der Waals surface area (Å²) in [7, 11) is 0. The number of benzene rings is 1. The molecule has 90 valence electrons. The first kappa shape index (κ1) is 13.3. The summed E-state index contributed by atoms with van der Waals surface area (Å²) in [4.78, 5) is 11.8. The second kappa shape index (κ2) is 6.07. The summed E-state index contributed by atoms with van der Waals surface area (Å²) in [6.07, 6.45) is 6.17. The van der Waals surface area contributed by atoms with Crippen LogP contribution in [0.5, 0.6) is 0 Å². The lowest BCUT2D eigenvalue weighted by Gasteiger charge is -2.17. The molecule has 1 rings (SSSR count). The zero-order valence-electron chi connectivity index (χ0n) is 10.2. The monoisotopic (exact) mass is 230 g/mol. The fraction of sp³-hybridized carbons (Fsp3) is 0.357. The van der Waals surface area contributed by atoms with E-state index >= 15 is 0 Å². The first-order valence-electron chi connectivity index (χ1n) is 5.71. The molecule has 0 unspecified atom stereocenters. The molecule has 0 saturated heterocycles. The number of nitrogens with two attached hydrogens (primary N) is 1. The third kappa shape index (κ3) is 3.61. The van der Waals surface area contributed by atoms with E-state index in [2.05, 4.69) is 11.2 Å². The van der Waals surface area contributed by atoms with Crippen molar-refractivity contribution >= 4 is 11.6 Å². The van der Waals surface area contributed by atoms with Crippen LogP contribution in [0.15, 0.2) is 24.3 Å². The number of hydrogen-bond donors (Lipinski definition) is 2. The Bertz CT molecular complexity index is 434. The molecule has 1 aromatic rings. The molecule has 3 nitrogen and oxygen atoms in total. The molecule has 0 bridgehead atoms. The van der Waals surface area contributed by atoms with Gasteiger partial charge in [0.15, 0.2) is 0 Å². The van der Waals surface area contributed by atoms with Crippen LogP contribution in [0.25, 0.3) is 0 Å². The molecular formula is C14H18N2O. The van der Waals surface area contributed by atoms with Gasteiger partial charge >= 0.3 is 0 Å². The van der Waals surface area contributed by atoms with Gasteiger partial charge in [-0.05, 0) is 24.1 Å². The highest BCUT2D eigenvalue weighted by molar-refractivity contribution is 5.95. The quantitative estimate of drug-likeness (QED) is 0.777. The first-order valence-corrected chi connectivity index (χ1v) is 5.71. The van der Waals surface area contributed by atoms with E-state index in [1.165, 1.54) is 0 Å². The number of carbonyl (C=O) groups excluding carboxylic acids is 1. The van der Waals surface area contributed by atoms with Crippen LogP contribution in [-0.4, -0.2) is 11.9 Å². The minimum atomic E-state index is -0.491. The number of rotatable bonds is 4. The Hall–Kier alpha value is -1.79. The highest BCUT2D eigenvalue weighted by Gasteiger charge is 2.19. The van der Waals surface area contributed by atoms with Gasteiger partial charge in [0.1, 0.15) is 0 Å². The minimum Gasteiger partial charge on any atom is -0.325 e. The SMILES string of the molecule is C#Cc1cccc(NC(=O)[C@@H](N)[C@@H](C)CC)c1. The van der Waals surface area contributed by atoms with Crippen molar-refractivity contribution in [2.24, 2.45) is 11.7 Å². The summed E-state index contributed by atoms with van der Waals surface area (Å²) in [5.41, 5.74) is 7.26. The summed E-state index contributed by atoms with van der Waals surface area (Å²) in [5, 5.41) is 2.77. The summed E-state index contributed by atoms with van der Waals surface area (Å²) in [5.74, 6) is 2.51. The molecule has 1 amide bonds. The Morgan fingerprint density at radius 1 is 1.59 bits per heavy atom. The Balaban J connectivity index is 2.71. The summed E-state index contributed by atoms with van der Waals surface area (Å²) in [6.45, 7) is 3.97. The van der Waals surface area contributed by atoms with E-state index in [1.54, 1.807) is 18.2 Å². The Morgan fingerprint density at radius 3 is 2.88 bits per heavy atom. The van der Waals surface area contributed by atoms with Gasteiger partial charge in [-0.2, -0.15) is 0 Å². The van der Waals surface area contributed by atoms with Crippen LogP contribution >= 0.6 is 0 Å². The second-order valence-corrected chi connectivity index (χ2v) is 4.13. The average molecular weight is 230 g/mol. The topological polar surface area (TPSA) is 55.1 Å². The number of nitrogens with one attached hydrogen (secondary N) is 1. The van der Waals surface area contributed by atoms with Gasteiger partial charge in [-0.15, -0.1) is 6.42 Å². The van der Waals surface area contributed by atoms with Gasteiger partial charge in [0.05, 0.1) is 6.04 Å². The van der Waals surface area contributed by atoms with Crippen LogP contribution in [0.4, 0.5) is 5.69 Å².